The van der Waals surface area contributed by atoms with Gasteiger partial charge in [0.2, 0.25) is 11.8 Å². The molecule has 0 saturated carbocycles. The lowest BCUT2D eigenvalue weighted by atomic mass is 10.1. The highest BCUT2D eigenvalue weighted by Gasteiger charge is 2.54. The number of fused-ring (bicyclic) bond motifs is 10. The van der Waals surface area contributed by atoms with Crippen molar-refractivity contribution in [3.63, 3.8) is 0 Å². The van der Waals surface area contributed by atoms with Crippen LogP contribution in [0.5, 0.6) is 11.8 Å². The molecule has 10 atom stereocenters. The van der Waals surface area contributed by atoms with Crippen LogP contribution >= 0.6 is 25.8 Å². The minimum absolute atomic E-state index is 0.0583. The summed E-state index contributed by atoms with van der Waals surface area (Å²) in [5.41, 5.74) is 0.692. The van der Waals surface area contributed by atoms with Gasteiger partial charge in [0, 0.05) is 0 Å². The third kappa shape index (κ3) is 5.91. The van der Waals surface area contributed by atoms with Gasteiger partial charge in [-0.05, 0) is 24.0 Å². The van der Waals surface area contributed by atoms with Crippen LogP contribution in [-0.2, 0) is 43.9 Å². The van der Waals surface area contributed by atoms with Crippen molar-refractivity contribution in [1.82, 2.24) is 39.0 Å². The zero-order valence-electron chi connectivity index (χ0n) is 24.1. The molecule has 4 aromatic heterocycles. The van der Waals surface area contributed by atoms with Crippen LogP contribution in [0.4, 0.5) is 8.78 Å². The Balaban J connectivity index is 1.21. The standard InChI is InChI=1S/C24H24F2N8O10P2S2/c25-13-17-11-5-39-46(36,48)44-18-12(6-40-45(35,47)43-17)42-24(14(18)26)34-10-32-16-20(34)28-8-30-22(16)38-4-2-1-3-37-21-15-19(27-7-29-21)33(9-31-15)23(13)41-11/h1-2,7-14,17-18,23-24H,3-6H2,(H,35,47)(H,36,48)/b2-1+/t11?,12?,13-,14-,17-,18-,23-,24?,45?,46?/m1/s1. The van der Waals surface area contributed by atoms with Crippen molar-refractivity contribution < 1.29 is 55.3 Å². The summed E-state index contributed by atoms with van der Waals surface area (Å²) in [5, 5.41) is 0. The molecule has 4 aromatic rings. The van der Waals surface area contributed by atoms with E-state index in [2.05, 4.69) is 42.2 Å². The average Bonchev–Trinajstić information content (AvgIpc) is 3.81. The third-order valence-corrected chi connectivity index (χ3v) is 11.0. The number of nitrogens with zero attached hydrogens (tertiary/aromatic N) is 8. The molecule has 256 valence electrons. The highest BCUT2D eigenvalue weighted by Crippen LogP contribution is 2.58. The fourth-order valence-corrected chi connectivity index (χ4v) is 8.61. The molecule has 0 spiro atoms. The van der Waals surface area contributed by atoms with E-state index in [0.29, 0.717) is 0 Å². The van der Waals surface area contributed by atoms with E-state index in [1.165, 1.54) is 34.4 Å². The number of halogens is 2. The van der Waals surface area contributed by atoms with Crippen molar-refractivity contribution in [1.29, 1.82) is 0 Å². The Morgan fingerprint density at radius 3 is 1.83 bits per heavy atom. The Hall–Kier alpha value is -2.75. The van der Waals surface area contributed by atoms with E-state index >= 15 is 8.78 Å². The summed E-state index contributed by atoms with van der Waals surface area (Å²) < 4.78 is 94.0. The number of thiol groups is 1. The second kappa shape index (κ2) is 12.5. The lowest BCUT2D eigenvalue weighted by Crippen LogP contribution is -2.37. The number of alkyl halides is 2. The van der Waals surface area contributed by atoms with Gasteiger partial charge in [-0.3, -0.25) is 22.7 Å². The molecule has 0 radical (unpaired) electrons. The Morgan fingerprint density at radius 1 is 0.792 bits per heavy atom. The number of rotatable bonds is 0. The van der Waals surface area contributed by atoms with E-state index in [0.717, 1.165) is 0 Å². The van der Waals surface area contributed by atoms with E-state index in [9.17, 15) is 9.46 Å². The molecule has 3 saturated heterocycles. The van der Waals surface area contributed by atoms with Crippen molar-refractivity contribution in [3.05, 3.63) is 37.5 Å². The lowest BCUT2D eigenvalue weighted by molar-refractivity contribution is -0.0564. The second-order valence-electron chi connectivity index (χ2n) is 10.8. The number of ether oxygens (including phenoxy) is 4. The van der Waals surface area contributed by atoms with Gasteiger partial charge in [0.25, 0.3) is 0 Å². The molecule has 5 unspecified atom stereocenters. The van der Waals surface area contributed by atoms with Gasteiger partial charge in [0.05, 0.1) is 25.9 Å². The summed E-state index contributed by atoms with van der Waals surface area (Å²) in [7, 11) is 0. The Labute approximate surface area is 278 Å². The molecule has 24 heteroatoms. The van der Waals surface area contributed by atoms with Crippen molar-refractivity contribution in [2.75, 3.05) is 26.4 Å². The maximum atomic E-state index is 16.2. The number of aromatic nitrogens is 8. The quantitative estimate of drug-likeness (QED) is 0.151. The second-order valence-corrected chi connectivity index (χ2v) is 16.5. The fraction of sp³-hybridized carbons (Fsp3) is 0.500. The van der Waals surface area contributed by atoms with Crippen molar-refractivity contribution in [2.45, 2.75) is 49.2 Å². The molecule has 14 bridgehead atoms. The summed E-state index contributed by atoms with van der Waals surface area (Å²) in [6.45, 7) is -9.79. The summed E-state index contributed by atoms with van der Waals surface area (Å²) >= 11 is 9.25. The highest BCUT2D eigenvalue weighted by molar-refractivity contribution is 8.44. The van der Waals surface area contributed by atoms with Crippen LogP contribution in [0.15, 0.2) is 37.5 Å². The molecule has 0 aromatic carbocycles. The summed E-state index contributed by atoms with van der Waals surface area (Å²) in [6, 6.07) is 0. The van der Waals surface area contributed by atoms with Gasteiger partial charge < -0.3 is 28.4 Å². The Morgan fingerprint density at radius 2 is 1.29 bits per heavy atom. The first-order valence-electron chi connectivity index (χ1n) is 14.2. The maximum Gasteiger partial charge on any atom is 0.386 e. The van der Waals surface area contributed by atoms with E-state index in [1.54, 1.807) is 12.2 Å². The highest BCUT2D eigenvalue weighted by atomic mass is 32.7. The predicted octanol–water partition coefficient (Wildman–Crippen LogP) is 2.54. The molecule has 3 fully saturated rings. The minimum Gasteiger partial charge on any atom is -0.472 e. The molecule has 1 N–H and O–H groups in total. The van der Waals surface area contributed by atoms with E-state index in [-0.39, 0.29) is 47.3 Å². The molecule has 9 heterocycles. The van der Waals surface area contributed by atoms with Gasteiger partial charge in [-0.15, -0.1) is 0 Å². The van der Waals surface area contributed by atoms with Gasteiger partial charge in [-0.1, -0.05) is 12.2 Å². The predicted molar refractivity (Wildman–Crippen MR) is 163 cm³/mol. The molecule has 5 aliphatic heterocycles. The summed E-state index contributed by atoms with van der Waals surface area (Å²) in [5.74, 6) is 0.212. The molecule has 0 aliphatic carbocycles. The van der Waals surface area contributed by atoms with Crippen LogP contribution in [0.3, 0.4) is 0 Å². The molecule has 18 nitrogen and oxygen atoms in total. The van der Waals surface area contributed by atoms with Crippen LogP contribution in [-0.4, -0.2) is 107 Å². The van der Waals surface area contributed by atoms with E-state index < -0.39 is 75.9 Å². The van der Waals surface area contributed by atoms with Crippen molar-refractivity contribution in [2.24, 2.45) is 0 Å². The maximum absolute atomic E-state index is 16.2. The minimum atomic E-state index is -4.39. The Kier molecular flexibility index (Phi) is 8.48. The SMILES string of the molecule is O=P1(S)OCC2O[C@@H]3[C@H](F)[C@@H]2OP(O)(=S)OCC2OC([C@H](F)[C@@H]2O1)n1cnc2c(ncnc21)OC/C=C/COc1ncnc2c1ncn23. The van der Waals surface area contributed by atoms with Crippen LogP contribution in [0.25, 0.3) is 22.3 Å². The largest absolute Gasteiger partial charge is 0.472 e. The number of hydrogen-bond donors (Lipinski definition) is 2. The van der Waals surface area contributed by atoms with E-state index in [4.69, 9.17) is 48.8 Å². The zero-order valence-corrected chi connectivity index (χ0v) is 27.6. The van der Waals surface area contributed by atoms with Crippen LogP contribution in [0.1, 0.15) is 12.5 Å². The van der Waals surface area contributed by atoms with Crippen LogP contribution in [0, 0.1) is 0 Å². The van der Waals surface area contributed by atoms with Crippen LogP contribution in [0.2, 0.25) is 0 Å². The van der Waals surface area contributed by atoms with Gasteiger partial charge in [-0.25, -0.2) is 33.3 Å². The van der Waals surface area contributed by atoms with Gasteiger partial charge in [0.1, 0.15) is 50.3 Å². The lowest BCUT2D eigenvalue weighted by Gasteiger charge is -2.29. The van der Waals surface area contributed by atoms with Crippen LogP contribution < -0.4 is 9.47 Å². The normalized spacial score (nSPS) is 38.0. The van der Waals surface area contributed by atoms with E-state index in [1.807, 2.05) is 0 Å². The van der Waals surface area contributed by atoms with Gasteiger partial charge in [0.15, 0.2) is 47.1 Å². The van der Waals surface area contributed by atoms with Gasteiger partial charge >= 0.3 is 13.5 Å². The first-order valence-corrected chi connectivity index (χ1v) is 19.5. The number of imidazole rings is 2. The zero-order chi connectivity index (χ0) is 33.2. The van der Waals surface area contributed by atoms with Crippen molar-refractivity contribution in [3.8, 4) is 11.8 Å². The van der Waals surface area contributed by atoms with Gasteiger partial charge in [-0.2, -0.15) is 9.97 Å². The first kappa shape index (κ1) is 32.5. The fourth-order valence-electron chi connectivity index (χ4n) is 5.69. The summed E-state index contributed by atoms with van der Waals surface area (Å²) in [4.78, 5) is 36.3. The average molecular weight is 749 g/mol. The smallest absolute Gasteiger partial charge is 0.386 e. The first-order chi connectivity index (χ1) is 23.1. The molecule has 48 heavy (non-hydrogen) atoms. The summed E-state index contributed by atoms with van der Waals surface area (Å²) in [6.07, 6.45) is -4.53. The number of hydrogen-bond acceptors (Lipinski definition) is 16. The third-order valence-electron chi connectivity index (χ3n) is 7.85. The molecular formula is C24H24F2N8O10P2S2. The molecular weight excluding hydrogens is 724 g/mol. The monoisotopic (exact) mass is 748 g/mol. The molecule has 0 amide bonds. The van der Waals surface area contributed by atoms with Crippen molar-refractivity contribution >= 4 is 59.9 Å². The topological polar surface area (TPSA) is 198 Å². The Bertz CT molecular complexity index is 1860. The molecule has 5 aliphatic rings. The molecule has 9 rings (SSSR count).